The predicted molar refractivity (Wildman–Crippen MR) is 98.9 cm³/mol. The van der Waals surface area contributed by atoms with Crippen LogP contribution in [-0.2, 0) is 6.54 Å². The summed E-state index contributed by atoms with van der Waals surface area (Å²) >= 11 is 0. The van der Waals surface area contributed by atoms with Crippen molar-refractivity contribution in [3.8, 4) is 6.01 Å². The van der Waals surface area contributed by atoms with E-state index in [-0.39, 0.29) is 0 Å². The molecular formula is C19H26N6O. The Balaban J connectivity index is 1.26. The van der Waals surface area contributed by atoms with Crippen molar-refractivity contribution >= 4 is 5.95 Å². The predicted octanol–water partition coefficient (Wildman–Crippen LogP) is 2.01. The lowest BCUT2D eigenvalue weighted by molar-refractivity contribution is 0.251. The Labute approximate surface area is 154 Å². The highest BCUT2D eigenvalue weighted by Gasteiger charge is 2.32. The number of hydrogen-bond acceptors (Lipinski definition) is 7. The minimum atomic E-state index is 0.433. The molecule has 0 bridgehead atoms. The van der Waals surface area contributed by atoms with E-state index in [9.17, 15) is 0 Å². The molecule has 2 aromatic rings. The molecule has 0 radical (unpaired) electrons. The molecule has 0 unspecified atom stereocenters. The van der Waals surface area contributed by atoms with E-state index in [4.69, 9.17) is 4.74 Å². The summed E-state index contributed by atoms with van der Waals surface area (Å²) in [6, 6.07) is 2.30. The van der Waals surface area contributed by atoms with Gasteiger partial charge in [-0.1, -0.05) is 0 Å². The molecule has 0 aromatic carbocycles. The minimum absolute atomic E-state index is 0.433. The summed E-state index contributed by atoms with van der Waals surface area (Å²) in [7, 11) is 1.59. The van der Waals surface area contributed by atoms with E-state index in [0.717, 1.165) is 43.0 Å². The zero-order chi connectivity index (χ0) is 17.8. The highest BCUT2D eigenvalue weighted by Crippen LogP contribution is 2.33. The molecule has 2 aliphatic rings. The lowest BCUT2D eigenvalue weighted by atomic mass is 9.84. The summed E-state index contributed by atoms with van der Waals surface area (Å²) in [6.07, 6.45) is 11.2. The number of methoxy groups -OCH3 is 1. The van der Waals surface area contributed by atoms with Crippen LogP contribution < -0.4 is 9.64 Å². The summed E-state index contributed by atoms with van der Waals surface area (Å²) in [4.78, 5) is 22.0. The number of likely N-dealkylation sites (tertiary alicyclic amines) is 1. The Hall–Kier alpha value is -2.28. The second-order valence-corrected chi connectivity index (χ2v) is 7.24. The minimum Gasteiger partial charge on any atom is -0.467 e. The van der Waals surface area contributed by atoms with E-state index in [1.54, 1.807) is 7.11 Å². The first kappa shape index (κ1) is 17.1. The first-order chi connectivity index (χ1) is 12.8. The molecule has 0 saturated carbocycles. The fourth-order valence-electron chi connectivity index (χ4n) is 4.20. The zero-order valence-corrected chi connectivity index (χ0v) is 15.3. The molecule has 0 amide bonds. The standard InChI is InChI=1S/C19H26N6O/c1-26-19-22-11-15(12-23-19)13-24-8-3-17(14-24)16-4-9-25(10-5-16)18-20-6-2-7-21-18/h2,6-7,11-12,16-17H,3-5,8-10,13-14H2,1H3/t17-/m1/s1. The highest BCUT2D eigenvalue weighted by molar-refractivity contribution is 5.28. The molecule has 4 rings (SSSR count). The molecule has 0 aliphatic carbocycles. The molecule has 1 atom stereocenters. The topological polar surface area (TPSA) is 67.3 Å². The van der Waals surface area contributed by atoms with Crippen LogP contribution in [0, 0.1) is 11.8 Å². The maximum absolute atomic E-state index is 5.03. The van der Waals surface area contributed by atoms with Gasteiger partial charge >= 0.3 is 6.01 Å². The van der Waals surface area contributed by atoms with Crippen molar-refractivity contribution in [3.63, 3.8) is 0 Å². The second kappa shape index (κ2) is 7.95. The molecule has 4 heterocycles. The number of nitrogens with zero attached hydrogens (tertiary/aromatic N) is 6. The van der Waals surface area contributed by atoms with Crippen LogP contribution in [0.5, 0.6) is 6.01 Å². The molecule has 7 nitrogen and oxygen atoms in total. The number of aromatic nitrogens is 4. The SMILES string of the molecule is COc1ncc(CN2CC[C@@H](C3CCN(c4ncccn4)CC3)C2)cn1. The van der Waals surface area contributed by atoms with Gasteiger partial charge < -0.3 is 9.64 Å². The van der Waals surface area contributed by atoms with Gasteiger partial charge in [0.05, 0.1) is 7.11 Å². The van der Waals surface area contributed by atoms with E-state index in [2.05, 4.69) is 29.7 Å². The van der Waals surface area contributed by atoms with Gasteiger partial charge in [0.1, 0.15) is 0 Å². The van der Waals surface area contributed by atoms with Crippen LogP contribution in [0.25, 0.3) is 0 Å². The molecule has 2 fully saturated rings. The van der Waals surface area contributed by atoms with Crippen molar-refractivity contribution in [2.75, 3.05) is 38.2 Å². The lowest BCUT2D eigenvalue weighted by Crippen LogP contribution is -2.37. The first-order valence-electron chi connectivity index (χ1n) is 9.41. The number of hydrogen-bond donors (Lipinski definition) is 0. The lowest BCUT2D eigenvalue weighted by Gasteiger charge is -2.34. The smallest absolute Gasteiger partial charge is 0.316 e. The van der Waals surface area contributed by atoms with Crippen molar-refractivity contribution < 1.29 is 4.74 Å². The van der Waals surface area contributed by atoms with Gasteiger partial charge in [0.25, 0.3) is 0 Å². The Morgan fingerprint density at radius 2 is 1.65 bits per heavy atom. The summed E-state index contributed by atoms with van der Waals surface area (Å²) in [5.41, 5.74) is 1.16. The van der Waals surface area contributed by atoms with Crippen molar-refractivity contribution in [1.29, 1.82) is 0 Å². The van der Waals surface area contributed by atoms with Gasteiger partial charge in [-0.25, -0.2) is 19.9 Å². The molecular weight excluding hydrogens is 328 g/mol. The fourth-order valence-corrected chi connectivity index (χ4v) is 4.20. The van der Waals surface area contributed by atoms with E-state index < -0.39 is 0 Å². The second-order valence-electron chi connectivity index (χ2n) is 7.24. The average molecular weight is 354 g/mol. The average Bonchev–Trinajstić information content (AvgIpc) is 3.18. The maximum Gasteiger partial charge on any atom is 0.316 e. The van der Waals surface area contributed by atoms with Crippen LogP contribution in [0.3, 0.4) is 0 Å². The normalized spacial score (nSPS) is 21.9. The van der Waals surface area contributed by atoms with Gasteiger partial charge in [0.15, 0.2) is 0 Å². The van der Waals surface area contributed by atoms with Gasteiger partial charge in [-0.15, -0.1) is 0 Å². The van der Waals surface area contributed by atoms with E-state index in [0.29, 0.717) is 6.01 Å². The largest absolute Gasteiger partial charge is 0.467 e. The third kappa shape index (κ3) is 3.93. The van der Waals surface area contributed by atoms with Gasteiger partial charge in [-0.05, 0) is 43.7 Å². The monoisotopic (exact) mass is 354 g/mol. The quantitative estimate of drug-likeness (QED) is 0.813. The number of anilines is 1. The van der Waals surface area contributed by atoms with Crippen LogP contribution in [0.1, 0.15) is 24.8 Å². The molecule has 7 heteroatoms. The van der Waals surface area contributed by atoms with Gasteiger partial charge in [0, 0.05) is 56.5 Å². The highest BCUT2D eigenvalue weighted by atomic mass is 16.5. The van der Waals surface area contributed by atoms with Gasteiger partial charge in [0.2, 0.25) is 5.95 Å². The maximum atomic E-state index is 5.03. The van der Waals surface area contributed by atoms with Crippen LogP contribution in [0.4, 0.5) is 5.95 Å². The number of piperidine rings is 1. The van der Waals surface area contributed by atoms with Crippen molar-refractivity contribution in [1.82, 2.24) is 24.8 Å². The van der Waals surface area contributed by atoms with Crippen molar-refractivity contribution in [2.24, 2.45) is 11.8 Å². The van der Waals surface area contributed by atoms with Crippen LogP contribution >= 0.6 is 0 Å². The molecule has 2 saturated heterocycles. The molecule has 0 N–H and O–H groups in total. The third-order valence-corrected chi connectivity index (χ3v) is 5.62. The number of ether oxygens (including phenoxy) is 1. The fraction of sp³-hybridized carbons (Fsp3) is 0.579. The number of rotatable bonds is 5. The first-order valence-corrected chi connectivity index (χ1v) is 9.41. The molecule has 138 valence electrons. The Bertz CT molecular complexity index is 687. The van der Waals surface area contributed by atoms with Gasteiger partial charge in [-0.3, -0.25) is 4.90 Å². The summed E-state index contributed by atoms with van der Waals surface area (Å²) in [5.74, 6) is 2.48. The molecule has 2 aliphatic heterocycles. The van der Waals surface area contributed by atoms with E-state index >= 15 is 0 Å². The van der Waals surface area contributed by atoms with E-state index in [1.807, 2.05) is 30.9 Å². The summed E-state index contributed by atoms with van der Waals surface area (Å²) < 4.78 is 5.03. The summed E-state index contributed by atoms with van der Waals surface area (Å²) in [6.45, 7) is 5.41. The zero-order valence-electron chi connectivity index (χ0n) is 15.3. The van der Waals surface area contributed by atoms with Crippen molar-refractivity contribution in [3.05, 3.63) is 36.4 Å². The Morgan fingerprint density at radius 1 is 0.962 bits per heavy atom. The molecule has 2 aromatic heterocycles. The van der Waals surface area contributed by atoms with Crippen LogP contribution in [-0.4, -0.2) is 58.1 Å². The van der Waals surface area contributed by atoms with Crippen LogP contribution in [0.2, 0.25) is 0 Å². The Morgan fingerprint density at radius 3 is 2.35 bits per heavy atom. The summed E-state index contributed by atoms with van der Waals surface area (Å²) in [5, 5.41) is 0. The van der Waals surface area contributed by atoms with E-state index in [1.165, 1.54) is 32.4 Å². The molecule has 26 heavy (non-hydrogen) atoms. The third-order valence-electron chi connectivity index (χ3n) is 5.62. The van der Waals surface area contributed by atoms with Crippen molar-refractivity contribution in [2.45, 2.75) is 25.8 Å². The molecule has 0 spiro atoms. The van der Waals surface area contributed by atoms with Crippen LogP contribution in [0.15, 0.2) is 30.9 Å². The Kier molecular flexibility index (Phi) is 5.24. The van der Waals surface area contributed by atoms with Gasteiger partial charge in [-0.2, -0.15) is 0 Å².